The van der Waals surface area contributed by atoms with Gasteiger partial charge in [-0.1, -0.05) is 5.11 Å². The highest BCUT2D eigenvalue weighted by Crippen LogP contribution is 2.23. The Bertz CT molecular complexity index is 255. The Hall–Kier alpha value is -0.890. The van der Waals surface area contributed by atoms with Crippen molar-refractivity contribution in [2.75, 3.05) is 13.7 Å². The van der Waals surface area contributed by atoms with Gasteiger partial charge in [-0.2, -0.15) is 0 Å². The van der Waals surface area contributed by atoms with E-state index < -0.39 is 37.3 Å². The lowest BCUT2D eigenvalue weighted by Crippen LogP contribution is -2.58. The lowest BCUT2D eigenvalue weighted by Gasteiger charge is -2.39. The second-order valence-electron chi connectivity index (χ2n) is 3.14. The molecule has 0 aromatic carbocycles. The van der Waals surface area contributed by atoms with E-state index in [0.717, 1.165) is 0 Å². The molecule has 1 aliphatic rings. The van der Waals surface area contributed by atoms with Gasteiger partial charge >= 0.3 is 0 Å². The van der Waals surface area contributed by atoms with Crippen LogP contribution in [0.4, 0.5) is 0 Å². The summed E-state index contributed by atoms with van der Waals surface area (Å²) >= 11 is 0. The Morgan fingerprint density at radius 3 is 2.60 bits per heavy atom. The molecule has 5 atom stereocenters. The van der Waals surface area contributed by atoms with Crippen LogP contribution < -0.4 is 0 Å². The van der Waals surface area contributed by atoms with Gasteiger partial charge in [-0.05, 0) is 5.53 Å². The molecule has 0 bridgehead atoms. The molecular weight excluding hydrogens is 206 g/mol. The zero-order valence-electron chi connectivity index (χ0n) is 8.09. The van der Waals surface area contributed by atoms with Crippen molar-refractivity contribution in [1.82, 2.24) is 0 Å². The monoisotopic (exact) mass is 219 g/mol. The molecule has 8 nitrogen and oxygen atoms in total. The van der Waals surface area contributed by atoms with E-state index in [4.69, 9.17) is 20.1 Å². The number of azide groups is 1. The highest BCUT2D eigenvalue weighted by molar-refractivity contribution is 4.93. The van der Waals surface area contributed by atoms with Crippen molar-refractivity contribution in [1.29, 1.82) is 0 Å². The fourth-order valence-corrected chi connectivity index (χ4v) is 1.44. The largest absolute Gasteiger partial charge is 0.394 e. The quantitative estimate of drug-likeness (QED) is 0.310. The van der Waals surface area contributed by atoms with Gasteiger partial charge in [0.1, 0.15) is 18.2 Å². The molecule has 0 radical (unpaired) electrons. The molecule has 1 rings (SSSR count). The molecule has 86 valence electrons. The van der Waals surface area contributed by atoms with E-state index in [-0.39, 0.29) is 0 Å². The van der Waals surface area contributed by atoms with E-state index in [0.29, 0.717) is 0 Å². The van der Waals surface area contributed by atoms with Gasteiger partial charge in [0, 0.05) is 12.0 Å². The molecule has 1 aliphatic heterocycles. The van der Waals surface area contributed by atoms with Gasteiger partial charge in [0.25, 0.3) is 0 Å². The molecule has 0 saturated carbocycles. The van der Waals surface area contributed by atoms with Crippen LogP contribution in [-0.4, -0.2) is 59.7 Å². The SMILES string of the molecule is CO[C@H]1OC(CO)[C@@H](O)C(O)C1N=[N+]=[N-]. The molecule has 1 fully saturated rings. The number of rotatable bonds is 3. The molecule has 3 N–H and O–H groups in total. The molecule has 0 spiro atoms. The van der Waals surface area contributed by atoms with Crippen LogP contribution in [0.2, 0.25) is 0 Å². The molecule has 1 saturated heterocycles. The van der Waals surface area contributed by atoms with Crippen molar-refractivity contribution in [2.24, 2.45) is 5.11 Å². The predicted octanol–water partition coefficient (Wildman–Crippen LogP) is -1.25. The fourth-order valence-electron chi connectivity index (χ4n) is 1.44. The fraction of sp³-hybridized carbons (Fsp3) is 1.00. The minimum atomic E-state index is -1.32. The Labute approximate surface area is 85.7 Å². The third-order valence-electron chi connectivity index (χ3n) is 2.27. The number of nitrogens with zero attached hydrogens (tertiary/aromatic N) is 3. The standard InChI is InChI=1S/C7H13N3O5/c1-14-7-4(9-10-8)6(13)5(12)3(2-11)15-7/h3-7,11-13H,2H2,1H3/t3?,4?,5-,6?,7+/m1/s1. The number of methoxy groups -OCH3 is 1. The minimum Gasteiger partial charge on any atom is -0.394 e. The number of hydrogen-bond acceptors (Lipinski definition) is 6. The second kappa shape index (κ2) is 5.26. The van der Waals surface area contributed by atoms with E-state index in [9.17, 15) is 10.2 Å². The summed E-state index contributed by atoms with van der Waals surface area (Å²) in [5.74, 6) is 0. The normalized spacial score (nSPS) is 40.9. The highest BCUT2D eigenvalue weighted by atomic mass is 16.7. The number of ether oxygens (including phenoxy) is 2. The Kier molecular flexibility index (Phi) is 4.28. The lowest BCUT2D eigenvalue weighted by atomic mass is 9.98. The van der Waals surface area contributed by atoms with Gasteiger partial charge in [-0.25, -0.2) is 0 Å². The number of aliphatic hydroxyl groups excluding tert-OH is 3. The average Bonchev–Trinajstić information content (AvgIpc) is 2.25. The van der Waals surface area contributed by atoms with Crippen LogP contribution in [0.1, 0.15) is 0 Å². The van der Waals surface area contributed by atoms with Crippen molar-refractivity contribution in [3.63, 3.8) is 0 Å². The van der Waals surface area contributed by atoms with Crippen molar-refractivity contribution in [2.45, 2.75) is 30.6 Å². The second-order valence-corrected chi connectivity index (χ2v) is 3.14. The van der Waals surface area contributed by atoms with Crippen molar-refractivity contribution in [3.05, 3.63) is 10.4 Å². The smallest absolute Gasteiger partial charge is 0.168 e. The van der Waals surface area contributed by atoms with Crippen molar-refractivity contribution in [3.8, 4) is 0 Å². The van der Waals surface area contributed by atoms with Crippen LogP contribution in [-0.2, 0) is 9.47 Å². The van der Waals surface area contributed by atoms with Gasteiger partial charge in [0.2, 0.25) is 0 Å². The third-order valence-corrected chi connectivity index (χ3v) is 2.27. The van der Waals surface area contributed by atoms with Gasteiger partial charge in [0.15, 0.2) is 6.29 Å². The molecule has 3 unspecified atom stereocenters. The summed E-state index contributed by atoms with van der Waals surface area (Å²) in [5, 5.41) is 31.2. The minimum absolute atomic E-state index is 0.457. The number of hydrogen-bond donors (Lipinski definition) is 3. The Balaban J connectivity index is 2.83. The summed E-state index contributed by atoms with van der Waals surface area (Å²) in [4.78, 5) is 2.52. The summed E-state index contributed by atoms with van der Waals surface area (Å²) in [6.45, 7) is -0.457. The van der Waals surface area contributed by atoms with Gasteiger partial charge < -0.3 is 24.8 Å². The molecule has 8 heteroatoms. The summed E-state index contributed by atoms with van der Waals surface area (Å²) in [7, 11) is 1.31. The van der Waals surface area contributed by atoms with Gasteiger partial charge in [-0.15, -0.1) is 0 Å². The molecule has 0 aliphatic carbocycles. The number of aliphatic hydroxyl groups is 3. The van der Waals surface area contributed by atoms with Crippen molar-refractivity contribution < 1.29 is 24.8 Å². The molecule has 1 heterocycles. The van der Waals surface area contributed by atoms with E-state index in [1.54, 1.807) is 0 Å². The molecule has 0 aromatic heterocycles. The lowest BCUT2D eigenvalue weighted by molar-refractivity contribution is -0.257. The van der Waals surface area contributed by atoms with Crippen LogP contribution in [0.25, 0.3) is 10.4 Å². The maximum Gasteiger partial charge on any atom is 0.168 e. The molecular formula is C7H13N3O5. The van der Waals surface area contributed by atoms with Gasteiger partial charge in [0.05, 0.1) is 12.7 Å². The Morgan fingerprint density at radius 1 is 1.47 bits per heavy atom. The summed E-state index contributed by atoms with van der Waals surface area (Å²) < 4.78 is 9.92. The van der Waals surface area contributed by atoms with E-state index in [2.05, 4.69) is 10.0 Å². The zero-order valence-corrected chi connectivity index (χ0v) is 8.09. The Morgan fingerprint density at radius 2 is 2.13 bits per heavy atom. The van der Waals surface area contributed by atoms with E-state index >= 15 is 0 Å². The van der Waals surface area contributed by atoms with Gasteiger partial charge in [-0.3, -0.25) is 0 Å². The first-order chi connectivity index (χ1) is 7.15. The molecule has 15 heavy (non-hydrogen) atoms. The summed E-state index contributed by atoms with van der Waals surface area (Å²) in [6.07, 6.45) is -4.56. The molecule has 0 amide bonds. The molecule has 0 aromatic rings. The first-order valence-electron chi connectivity index (χ1n) is 4.35. The summed E-state index contributed by atoms with van der Waals surface area (Å²) in [6, 6.07) is -1.03. The van der Waals surface area contributed by atoms with Crippen LogP contribution in [0.3, 0.4) is 0 Å². The van der Waals surface area contributed by atoms with Crippen LogP contribution in [0.15, 0.2) is 5.11 Å². The maximum absolute atomic E-state index is 9.59. The average molecular weight is 219 g/mol. The van der Waals surface area contributed by atoms with Crippen LogP contribution >= 0.6 is 0 Å². The maximum atomic E-state index is 9.59. The van der Waals surface area contributed by atoms with Crippen LogP contribution in [0, 0.1) is 0 Å². The predicted molar refractivity (Wildman–Crippen MR) is 47.7 cm³/mol. The summed E-state index contributed by atoms with van der Waals surface area (Å²) in [5.41, 5.74) is 8.26. The highest BCUT2D eigenvalue weighted by Gasteiger charge is 2.43. The first kappa shape index (κ1) is 12.2. The van der Waals surface area contributed by atoms with E-state index in [1.165, 1.54) is 7.11 Å². The zero-order chi connectivity index (χ0) is 11.4. The van der Waals surface area contributed by atoms with Crippen LogP contribution in [0.5, 0.6) is 0 Å². The van der Waals surface area contributed by atoms with E-state index in [1.807, 2.05) is 0 Å². The van der Waals surface area contributed by atoms with Crippen molar-refractivity contribution >= 4 is 0 Å². The first-order valence-corrected chi connectivity index (χ1v) is 4.35. The third kappa shape index (κ3) is 2.37. The topological polar surface area (TPSA) is 128 Å².